The van der Waals surface area contributed by atoms with E-state index in [4.69, 9.17) is 4.74 Å². The normalized spacial score (nSPS) is 11.6. The van der Waals surface area contributed by atoms with E-state index in [1.807, 2.05) is 19.1 Å². The molecule has 0 aliphatic heterocycles. The summed E-state index contributed by atoms with van der Waals surface area (Å²) >= 11 is 0. The van der Waals surface area contributed by atoms with Crippen molar-refractivity contribution in [3.63, 3.8) is 0 Å². The zero-order chi connectivity index (χ0) is 22.2. The van der Waals surface area contributed by atoms with Crippen LogP contribution in [0.25, 0.3) is 6.08 Å². The number of hydrogen-bond donors (Lipinski definition) is 1. The number of nitro benzene ring substituents is 1. The zero-order valence-corrected chi connectivity index (χ0v) is 16.7. The van der Waals surface area contributed by atoms with E-state index in [0.29, 0.717) is 16.8 Å². The van der Waals surface area contributed by atoms with Crippen LogP contribution in [0.3, 0.4) is 0 Å². The monoisotopic (exact) mass is 416 g/mol. The topological polar surface area (TPSA) is 98.5 Å². The van der Waals surface area contributed by atoms with Gasteiger partial charge in [0.05, 0.1) is 4.92 Å². The molecule has 7 heteroatoms. The lowest BCUT2D eigenvalue weighted by Gasteiger charge is -2.17. The van der Waals surface area contributed by atoms with Crippen molar-refractivity contribution >= 4 is 29.3 Å². The van der Waals surface area contributed by atoms with Crippen molar-refractivity contribution in [2.24, 2.45) is 0 Å². The largest absolute Gasteiger partial charge is 0.444 e. The molecule has 1 amide bonds. The number of non-ortho nitro benzene ring substituents is 1. The predicted octanol–water partition coefficient (Wildman–Crippen LogP) is 4.84. The Morgan fingerprint density at radius 2 is 1.71 bits per heavy atom. The van der Waals surface area contributed by atoms with E-state index in [-0.39, 0.29) is 5.69 Å². The van der Waals surface area contributed by atoms with Gasteiger partial charge in [0.25, 0.3) is 11.6 Å². The number of nitrogens with one attached hydrogen (secondary N) is 1. The molecule has 3 rings (SSSR count). The van der Waals surface area contributed by atoms with Crippen LogP contribution in [0.4, 0.5) is 11.4 Å². The summed E-state index contributed by atoms with van der Waals surface area (Å²) in [6, 6.07) is 21.7. The Kier molecular flexibility index (Phi) is 6.90. The van der Waals surface area contributed by atoms with Crippen molar-refractivity contribution in [1.29, 1.82) is 0 Å². The van der Waals surface area contributed by atoms with Crippen molar-refractivity contribution in [3.05, 3.63) is 112 Å². The highest BCUT2D eigenvalue weighted by Crippen LogP contribution is 2.21. The summed E-state index contributed by atoms with van der Waals surface area (Å²) < 4.78 is 5.42. The van der Waals surface area contributed by atoms with Gasteiger partial charge >= 0.3 is 5.97 Å². The molecule has 3 aromatic carbocycles. The number of carbonyl (C=O) groups excluding carboxylic acids is 2. The van der Waals surface area contributed by atoms with Crippen molar-refractivity contribution < 1.29 is 19.2 Å². The van der Waals surface area contributed by atoms with Gasteiger partial charge in [0.1, 0.15) is 0 Å². The molecule has 0 radical (unpaired) electrons. The van der Waals surface area contributed by atoms with E-state index in [0.717, 1.165) is 11.6 Å². The lowest BCUT2D eigenvalue weighted by molar-refractivity contribution is -0.384. The van der Waals surface area contributed by atoms with Crippen molar-refractivity contribution in [1.82, 2.24) is 0 Å². The molecule has 31 heavy (non-hydrogen) atoms. The maximum Gasteiger partial charge on any atom is 0.331 e. The number of amides is 1. The standard InChI is InChI=1S/C24H20N2O5/c1-17-10-13-20(14-11-17)25-24(28)23(19-7-3-2-4-8-19)31-22(27)15-12-18-6-5-9-21(16-18)26(29)30/h2-16,23H,1H3,(H,25,28)/b15-12+/t23-/m0/s1. The van der Waals surface area contributed by atoms with Crippen LogP contribution in [0.1, 0.15) is 22.8 Å². The Hall–Kier alpha value is -4.26. The summed E-state index contributed by atoms with van der Waals surface area (Å²) in [5.41, 5.74) is 2.53. The van der Waals surface area contributed by atoms with Crippen LogP contribution in [-0.4, -0.2) is 16.8 Å². The molecular weight excluding hydrogens is 396 g/mol. The number of carbonyl (C=O) groups is 2. The second-order valence-corrected chi connectivity index (χ2v) is 6.77. The summed E-state index contributed by atoms with van der Waals surface area (Å²) in [5.74, 6) is -1.24. The fraction of sp³-hybridized carbons (Fsp3) is 0.0833. The number of nitro groups is 1. The number of nitrogens with zero attached hydrogens (tertiary/aromatic N) is 1. The molecule has 0 aromatic heterocycles. The van der Waals surface area contributed by atoms with Gasteiger partial charge in [0.2, 0.25) is 6.10 Å². The maximum absolute atomic E-state index is 12.8. The summed E-state index contributed by atoms with van der Waals surface area (Å²) in [5, 5.41) is 13.6. The average Bonchev–Trinajstić information content (AvgIpc) is 2.78. The lowest BCUT2D eigenvalue weighted by atomic mass is 10.1. The van der Waals surface area contributed by atoms with Crippen molar-refractivity contribution in [3.8, 4) is 0 Å². The highest BCUT2D eigenvalue weighted by Gasteiger charge is 2.24. The number of ether oxygens (including phenoxy) is 1. The summed E-state index contributed by atoms with van der Waals surface area (Å²) in [4.78, 5) is 35.6. The third kappa shape index (κ3) is 6.11. The highest BCUT2D eigenvalue weighted by molar-refractivity contribution is 5.97. The Bertz CT molecular complexity index is 1110. The predicted molar refractivity (Wildman–Crippen MR) is 117 cm³/mol. The van der Waals surface area contributed by atoms with Crippen LogP contribution < -0.4 is 5.32 Å². The Balaban J connectivity index is 1.76. The lowest BCUT2D eigenvalue weighted by Crippen LogP contribution is -2.25. The third-order valence-electron chi connectivity index (χ3n) is 4.39. The van der Waals surface area contributed by atoms with Crippen molar-refractivity contribution in [2.75, 3.05) is 5.32 Å². The molecule has 0 saturated carbocycles. The quantitative estimate of drug-likeness (QED) is 0.257. The van der Waals surface area contributed by atoms with Crippen LogP contribution in [0.15, 0.2) is 84.9 Å². The van der Waals surface area contributed by atoms with Gasteiger partial charge in [-0.3, -0.25) is 14.9 Å². The molecule has 3 aromatic rings. The number of benzene rings is 3. The molecule has 0 aliphatic rings. The van der Waals surface area contributed by atoms with Crippen molar-refractivity contribution in [2.45, 2.75) is 13.0 Å². The van der Waals surface area contributed by atoms with E-state index in [2.05, 4.69) is 5.32 Å². The molecule has 1 N–H and O–H groups in total. The van der Waals surface area contributed by atoms with Gasteiger partial charge in [-0.15, -0.1) is 0 Å². The Labute approximate surface area is 179 Å². The van der Waals surface area contributed by atoms with E-state index in [9.17, 15) is 19.7 Å². The van der Waals surface area contributed by atoms with Crippen LogP contribution in [0.5, 0.6) is 0 Å². The number of hydrogen-bond acceptors (Lipinski definition) is 5. The first-order chi connectivity index (χ1) is 14.9. The minimum atomic E-state index is -1.16. The van der Waals surface area contributed by atoms with Crippen LogP contribution in [0, 0.1) is 17.0 Å². The number of esters is 1. The highest BCUT2D eigenvalue weighted by atomic mass is 16.6. The minimum absolute atomic E-state index is 0.0878. The summed E-state index contributed by atoms with van der Waals surface area (Å²) in [7, 11) is 0. The third-order valence-corrected chi connectivity index (χ3v) is 4.39. The Morgan fingerprint density at radius 1 is 1.00 bits per heavy atom. The smallest absolute Gasteiger partial charge is 0.331 e. The fourth-order valence-electron chi connectivity index (χ4n) is 2.81. The van der Waals surface area contributed by atoms with Gasteiger partial charge < -0.3 is 10.1 Å². The number of anilines is 1. The zero-order valence-electron chi connectivity index (χ0n) is 16.7. The molecule has 0 heterocycles. The first-order valence-corrected chi connectivity index (χ1v) is 9.48. The Morgan fingerprint density at radius 3 is 2.39 bits per heavy atom. The van der Waals surface area contributed by atoms with Gasteiger partial charge in [-0.05, 0) is 30.7 Å². The molecule has 0 aliphatic carbocycles. The molecular formula is C24H20N2O5. The number of aryl methyl sites for hydroxylation is 1. The number of rotatable bonds is 7. The van der Waals surface area contributed by atoms with Crippen LogP contribution in [0.2, 0.25) is 0 Å². The van der Waals surface area contributed by atoms with Crippen LogP contribution >= 0.6 is 0 Å². The fourth-order valence-corrected chi connectivity index (χ4v) is 2.81. The molecule has 156 valence electrons. The first-order valence-electron chi connectivity index (χ1n) is 9.48. The van der Waals surface area contributed by atoms with E-state index in [1.54, 1.807) is 48.5 Å². The minimum Gasteiger partial charge on any atom is -0.444 e. The molecule has 0 bridgehead atoms. The maximum atomic E-state index is 12.8. The van der Waals surface area contributed by atoms with E-state index < -0.39 is 22.9 Å². The summed E-state index contributed by atoms with van der Waals surface area (Å²) in [6.07, 6.45) is 1.37. The van der Waals surface area contributed by atoms with E-state index in [1.165, 1.54) is 24.3 Å². The van der Waals surface area contributed by atoms with Crippen LogP contribution in [-0.2, 0) is 14.3 Å². The van der Waals surface area contributed by atoms with Gasteiger partial charge in [-0.25, -0.2) is 4.79 Å². The SMILES string of the molecule is Cc1ccc(NC(=O)[C@@H](OC(=O)/C=C/c2cccc([N+](=O)[O-])c2)c2ccccc2)cc1. The first kappa shape index (κ1) is 21.4. The second-order valence-electron chi connectivity index (χ2n) is 6.77. The van der Waals surface area contributed by atoms with E-state index >= 15 is 0 Å². The van der Waals surface area contributed by atoms with Gasteiger partial charge in [0.15, 0.2) is 0 Å². The molecule has 0 spiro atoms. The second kappa shape index (κ2) is 9.98. The van der Waals surface area contributed by atoms with Gasteiger partial charge in [-0.2, -0.15) is 0 Å². The molecule has 1 atom stereocenters. The molecule has 0 saturated heterocycles. The van der Waals surface area contributed by atoms with Gasteiger partial charge in [-0.1, -0.05) is 60.2 Å². The van der Waals surface area contributed by atoms with Gasteiger partial charge in [0, 0.05) is 29.5 Å². The molecule has 0 fully saturated rings. The summed E-state index contributed by atoms with van der Waals surface area (Å²) in [6.45, 7) is 1.94. The molecule has 0 unspecified atom stereocenters. The average molecular weight is 416 g/mol. The molecule has 7 nitrogen and oxygen atoms in total.